The highest BCUT2D eigenvalue weighted by atomic mass is 16.3. The minimum Gasteiger partial charge on any atom is -0.392 e. The topological polar surface area (TPSA) is 52.5 Å². The molecule has 3 nitrogen and oxygen atoms in total. The third-order valence-corrected chi connectivity index (χ3v) is 3.21. The largest absolute Gasteiger partial charge is 0.392 e. The lowest BCUT2D eigenvalue weighted by Gasteiger charge is -2.30. The second-order valence-electron chi connectivity index (χ2n) is 4.43. The number of aliphatic hydroxyl groups is 2. The van der Waals surface area contributed by atoms with Crippen LogP contribution in [0.1, 0.15) is 30.9 Å². The SMILES string of the molecule is O[C@@H]1CCCN[C@H]1C[C@H](O)c1ccccc1. The predicted octanol–water partition coefficient (Wildman–Crippen LogP) is 1.22. The van der Waals surface area contributed by atoms with E-state index in [2.05, 4.69) is 5.32 Å². The zero-order chi connectivity index (χ0) is 11.4. The Labute approximate surface area is 96.1 Å². The minimum atomic E-state index is -0.494. The average molecular weight is 221 g/mol. The van der Waals surface area contributed by atoms with E-state index in [9.17, 15) is 10.2 Å². The van der Waals surface area contributed by atoms with Crippen molar-refractivity contribution in [3.8, 4) is 0 Å². The van der Waals surface area contributed by atoms with Crippen molar-refractivity contribution in [1.82, 2.24) is 5.32 Å². The van der Waals surface area contributed by atoms with Gasteiger partial charge in [0.05, 0.1) is 12.2 Å². The lowest BCUT2D eigenvalue weighted by Crippen LogP contribution is -2.45. The van der Waals surface area contributed by atoms with Crippen LogP contribution >= 0.6 is 0 Å². The van der Waals surface area contributed by atoms with Crippen molar-refractivity contribution in [3.63, 3.8) is 0 Å². The third-order valence-electron chi connectivity index (χ3n) is 3.21. The maximum atomic E-state index is 10.0. The zero-order valence-electron chi connectivity index (χ0n) is 9.34. The maximum Gasteiger partial charge on any atom is 0.0805 e. The van der Waals surface area contributed by atoms with Crippen LogP contribution in [0.25, 0.3) is 0 Å². The Morgan fingerprint density at radius 1 is 1.31 bits per heavy atom. The molecule has 0 saturated carbocycles. The van der Waals surface area contributed by atoms with Crippen LogP contribution in [0, 0.1) is 0 Å². The average Bonchev–Trinajstić information content (AvgIpc) is 2.33. The fraction of sp³-hybridized carbons (Fsp3) is 0.538. The molecule has 3 atom stereocenters. The zero-order valence-corrected chi connectivity index (χ0v) is 9.34. The summed E-state index contributed by atoms with van der Waals surface area (Å²) in [5.74, 6) is 0. The highest BCUT2D eigenvalue weighted by molar-refractivity contribution is 5.17. The van der Waals surface area contributed by atoms with Gasteiger partial charge in [0.2, 0.25) is 0 Å². The second kappa shape index (κ2) is 5.43. The fourth-order valence-electron chi connectivity index (χ4n) is 2.23. The fourth-order valence-corrected chi connectivity index (χ4v) is 2.23. The van der Waals surface area contributed by atoms with Crippen LogP contribution in [-0.4, -0.2) is 28.9 Å². The molecule has 3 heteroatoms. The van der Waals surface area contributed by atoms with Crippen molar-refractivity contribution in [1.29, 1.82) is 0 Å². The third kappa shape index (κ3) is 2.82. The van der Waals surface area contributed by atoms with Gasteiger partial charge in [0, 0.05) is 6.04 Å². The van der Waals surface area contributed by atoms with Gasteiger partial charge in [-0.1, -0.05) is 30.3 Å². The van der Waals surface area contributed by atoms with Gasteiger partial charge in [0.25, 0.3) is 0 Å². The highest BCUT2D eigenvalue weighted by Crippen LogP contribution is 2.22. The molecule has 1 saturated heterocycles. The Kier molecular flexibility index (Phi) is 3.93. The summed E-state index contributed by atoms with van der Waals surface area (Å²) >= 11 is 0. The van der Waals surface area contributed by atoms with E-state index in [0.717, 1.165) is 24.9 Å². The molecule has 0 aliphatic carbocycles. The smallest absolute Gasteiger partial charge is 0.0805 e. The normalized spacial score (nSPS) is 27.6. The summed E-state index contributed by atoms with van der Waals surface area (Å²) in [5, 5.41) is 23.1. The first-order valence-corrected chi connectivity index (χ1v) is 5.92. The lowest BCUT2D eigenvalue weighted by molar-refractivity contribution is 0.0595. The number of piperidine rings is 1. The summed E-state index contributed by atoms with van der Waals surface area (Å²) in [4.78, 5) is 0. The number of hydrogen-bond acceptors (Lipinski definition) is 3. The van der Waals surface area contributed by atoms with Crippen LogP contribution in [0.4, 0.5) is 0 Å². The van der Waals surface area contributed by atoms with E-state index >= 15 is 0 Å². The predicted molar refractivity (Wildman–Crippen MR) is 63.1 cm³/mol. The molecule has 0 spiro atoms. The van der Waals surface area contributed by atoms with E-state index in [-0.39, 0.29) is 12.1 Å². The van der Waals surface area contributed by atoms with Crippen LogP contribution < -0.4 is 5.32 Å². The van der Waals surface area contributed by atoms with Gasteiger partial charge < -0.3 is 15.5 Å². The van der Waals surface area contributed by atoms with Gasteiger partial charge in [-0.15, -0.1) is 0 Å². The van der Waals surface area contributed by atoms with Gasteiger partial charge in [-0.2, -0.15) is 0 Å². The monoisotopic (exact) mass is 221 g/mol. The minimum absolute atomic E-state index is 0.0176. The van der Waals surface area contributed by atoms with Crippen LogP contribution in [0.3, 0.4) is 0 Å². The molecule has 16 heavy (non-hydrogen) atoms. The Morgan fingerprint density at radius 3 is 2.75 bits per heavy atom. The molecule has 88 valence electrons. The van der Waals surface area contributed by atoms with Crippen LogP contribution in [0.5, 0.6) is 0 Å². The van der Waals surface area contributed by atoms with E-state index in [1.165, 1.54) is 0 Å². The molecule has 1 heterocycles. The highest BCUT2D eigenvalue weighted by Gasteiger charge is 2.25. The van der Waals surface area contributed by atoms with E-state index in [4.69, 9.17) is 0 Å². The van der Waals surface area contributed by atoms with Crippen molar-refractivity contribution in [3.05, 3.63) is 35.9 Å². The standard InChI is InChI=1S/C13H19NO2/c15-12-7-4-8-14-11(12)9-13(16)10-5-2-1-3-6-10/h1-3,5-6,11-16H,4,7-9H2/t11-,12+,13-/m0/s1. The Balaban J connectivity index is 1.94. The quantitative estimate of drug-likeness (QED) is 0.719. The molecule has 3 N–H and O–H groups in total. The number of hydrogen-bond donors (Lipinski definition) is 3. The van der Waals surface area contributed by atoms with Gasteiger partial charge in [0.1, 0.15) is 0 Å². The van der Waals surface area contributed by atoms with Crippen molar-refractivity contribution in [2.45, 2.75) is 37.5 Å². The van der Waals surface area contributed by atoms with Crippen LogP contribution in [-0.2, 0) is 0 Å². The van der Waals surface area contributed by atoms with Gasteiger partial charge >= 0.3 is 0 Å². The summed E-state index contributed by atoms with van der Waals surface area (Å²) in [6.07, 6.45) is 1.60. The van der Waals surface area contributed by atoms with Gasteiger partial charge in [0.15, 0.2) is 0 Å². The Hall–Kier alpha value is -0.900. The first-order chi connectivity index (χ1) is 7.77. The number of nitrogens with one attached hydrogen (secondary N) is 1. The van der Waals surface area contributed by atoms with Gasteiger partial charge in [-0.05, 0) is 31.4 Å². The van der Waals surface area contributed by atoms with Crippen LogP contribution in [0.15, 0.2) is 30.3 Å². The maximum absolute atomic E-state index is 10.0. The molecule has 2 rings (SSSR count). The number of rotatable bonds is 3. The molecule has 1 aromatic rings. The number of benzene rings is 1. The molecule has 0 bridgehead atoms. The summed E-state index contributed by atoms with van der Waals surface area (Å²) in [6, 6.07) is 9.62. The molecule has 0 aromatic heterocycles. The molecule has 0 unspecified atom stereocenters. The summed E-state index contributed by atoms with van der Waals surface area (Å²) in [6.45, 7) is 0.934. The first kappa shape index (κ1) is 11.6. The van der Waals surface area contributed by atoms with Crippen molar-refractivity contribution in [2.75, 3.05) is 6.54 Å². The lowest BCUT2D eigenvalue weighted by atomic mass is 9.94. The summed E-state index contributed by atoms with van der Waals surface area (Å²) in [5.41, 5.74) is 0.919. The first-order valence-electron chi connectivity index (χ1n) is 5.92. The van der Waals surface area contributed by atoms with E-state index in [0.29, 0.717) is 6.42 Å². The molecular weight excluding hydrogens is 202 g/mol. The molecule has 1 fully saturated rings. The molecule has 0 radical (unpaired) electrons. The molecule has 1 aliphatic heterocycles. The van der Waals surface area contributed by atoms with Crippen molar-refractivity contribution in [2.24, 2.45) is 0 Å². The van der Waals surface area contributed by atoms with E-state index in [1.54, 1.807) is 0 Å². The molecular formula is C13H19NO2. The Bertz CT molecular complexity index is 315. The summed E-state index contributed by atoms with van der Waals surface area (Å²) < 4.78 is 0. The Morgan fingerprint density at radius 2 is 2.06 bits per heavy atom. The number of aliphatic hydroxyl groups excluding tert-OH is 2. The summed E-state index contributed by atoms with van der Waals surface area (Å²) in [7, 11) is 0. The van der Waals surface area contributed by atoms with Crippen LogP contribution in [0.2, 0.25) is 0 Å². The van der Waals surface area contributed by atoms with E-state index < -0.39 is 6.10 Å². The van der Waals surface area contributed by atoms with E-state index in [1.807, 2.05) is 30.3 Å². The molecule has 1 aliphatic rings. The molecule has 0 amide bonds. The van der Waals surface area contributed by atoms with Crippen molar-refractivity contribution >= 4 is 0 Å². The van der Waals surface area contributed by atoms with Gasteiger partial charge in [-0.25, -0.2) is 0 Å². The molecule has 1 aromatic carbocycles. The van der Waals surface area contributed by atoms with Crippen molar-refractivity contribution < 1.29 is 10.2 Å². The second-order valence-corrected chi connectivity index (χ2v) is 4.43. The van der Waals surface area contributed by atoms with Gasteiger partial charge in [-0.3, -0.25) is 0 Å².